The molecule has 0 saturated carbocycles. The topological polar surface area (TPSA) is 79.8 Å². The molecule has 0 saturated heterocycles. The van der Waals surface area contributed by atoms with Crippen molar-refractivity contribution in [2.75, 3.05) is 10.6 Å². The maximum Gasteiger partial charge on any atom is 0.274 e. The summed E-state index contributed by atoms with van der Waals surface area (Å²) in [7, 11) is 0. The minimum absolute atomic E-state index is 0.151. The molecule has 1 amide bonds. The summed E-state index contributed by atoms with van der Waals surface area (Å²) in [5.74, 6) is 0.311. The molecule has 0 atom stereocenters. The smallest absolute Gasteiger partial charge is 0.274 e. The summed E-state index contributed by atoms with van der Waals surface area (Å²) < 4.78 is 0. The summed E-state index contributed by atoms with van der Waals surface area (Å²) in [6.07, 6.45) is 3.08. The Morgan fingerprint density at radius 1 is 1.04 bits per heavy atom. The molecule has 6 heteroatoms. The predicted octanol–water partition coefficient (Wildman–Crippen LogP) is 3.49. The van der Waals surface area contributed by atoms with Gasteiger partial charge in [-0.1, -0.05) is 18.2 Å². The van der Waals surface area contributed by atoms with E-state index in [1.807, 2.05) is 51.1 Å². The summed E-state index contributed by atoms with van der Waals surface area (Å²) in [6.45, 7) is 6.07. The molecule has 0 bridgehead atoms. The number of benzene rings is 1. The Balaban J connectivity index is 1.86. The van der Waals surface area contributed by atoms with Crippen molar-refractivity contribution in [1.29, 1.82) is 0 Å². The zero-order valence-corrected chi connectivity index (χ0v) is 13.9. The number of hydrogen-bond acceptors (Lipinski definition) is 5. The molecule has 0 spiro atoms. The van der Waals surface area contributed by atoms with Crippen molar-refractivity contribution in [3.63, 3.8) is 0 Å². The molecule has 3 rings (SSSR count). The molecule has 24 heavy (non-hydrogen) atoms. The van der Waals surface area contributed by atoms with E-state index < -0.39 is 0 Å². The maximum absolute atomic E-state index is 12.5. The van der Waals surface area contributed by atoms with E-state index in [1.165, 1.54) is 6.33 Å². The monoisotopic (exact) mass is 321 g/mol. The molecule has 2 N–H and O–H groups in total. The minimum atomic E-state index is -0.299. The van der Waals surface area contributed by atoms with Gasteiger partial charge in [0.05, 0.1) is 11.2 Å². The maximum atomic E-state index is 12.5. The average molecular weight is 321 g/mol. The molecule has 3 aromatic rings. The normalized spacial score (nSPS) is 11.3. The van der Waals surface area contributed by atoms with Gasteiger partial charge in [0.25, 0.3) is 5.91 Å². The standard InChI is InChI=1S/C18H19N5O/c1-18(2,3)23-15-10-14(20-11-21-15)17(24)22-13-8-4-6-12-7-5-9-19-16(12)13/h4-11H,1-3H3,(H,22,24)(H,20,21,23). The Labute approximate surface area is 140 Å². The fourth-order valence-corrected chi connectivity index (χ4v) is 2.33. The van der Waals surface area contributed by atoms with Crippen LogP contribution in [-0.4, -0.2) is 26.4 Å². The minimum Gasteiger partial charge on any atom is -0.365 e. The summed E-state index contributed by atoms with van der Waals surface area (Å²) >= 11 is 0. The van der Waals surface area contributed by atoms with Gasteiger partial charge in [-0.2, -0.15) is 0 Å². The quantitative estimate of drug-likeness (QED) is 0.772. The number of para-hydroxylation sites is 1. The number of anilines is 2. The highest BCUT2D eigenvalue weighted by Crippen LogP contribution is 2.21. The lowest BCUT2D eigenvalue weighted by atomic mass is 10.1. The van der Waals surface area contributed by atoms with E-state index in [4.69, 9.17) is 0 Å². The Morgan fingerprint density at radius 2 is 1.83 bits per heavy atom. The zero-order chi connectivity index (χ0) is 17.2. The first-order valence-electron chi connectivity index (χ1n) is 7.68. The fraction of sp³-hybridized carbons (Fsp3) is 0.222. The van der Waals surface area contributed by atoms with Gasteiger partial charge < -0.3 is 10.6 Å². The van der Waals surface area contributed by atoms with Crippen LogP contribution in [0.25, 0.3) is 10.9 Å². The van der Waals surface area contributed by atoms with E-state index in [9.17, 15) is 4.79 Å². The van der Waals surface area contributed by atoms with Crippen LogP contribution in [0.5, 0.6) is 0 Å². The van der Waals surface area contributed by atoms with E-state index in [2.05, 4.69) is 25.6 Å². The fourth-order valence-electron chi connectivity index (χ4n) is 2.33. The number of nitrogens with one attached hydrogen (secondary N) is 2. The Morgan fingerprint density at radius 3 is 2.62 bits per heavy atom. The number of amides is 1. The number of fused-ring (bicyclic) bond motifs is 1. The molecule has 0 unspecified atom stereocenters. The van der Waals surface area contributed by atoms with Crippen LogP contribution in [0, 0.1) is 0 Å². The molecule has 6 nitrogen and oxygen atoms in total. The van der Waals surface area contributed by atoms with Gasteiger partial charge in [0.1, 0.15) is 17.8 Å². The van der Waals surface area contributed by atoms with Crippen LogP contribution in [-0.2, 0) is 0 Å². The third-order valence-electron chi connectivity index (χ3n) is 3.28. The van der Waals surface area contributed by atoms with Gasteiger partial charge in [-0.3, -0.25) is 9.78 Å². The van der Waals surface area contributed by atoms with Gasteiger partial charge in [0.15, 0.2) is 0 Å². The highest BCUT2D eigenvalue weighted by molar-refractivity contribution is 6.07. The highest BCUT2D eigenvalue weighted by atomic mass is 16.1. The number of rotatable bonds is 3. The van der Waals surface area contributed by atoms with E-state index >= 15 is 0 Å². The van der Waals surface area contributed by atoms with Gasteiger partial charge in [-0.05, 0) is 32.9 Å². The molecular weight excluding hydrogens is 302 g/mol. The second-order valence-corrected chi connectivity index (χ2v) is 6.50. The summed E-state index contributed by atoms with van der Waals surface area (Å²) in [4.78, 5) is 25.1. The first-order chi connectivity index (χ1) is 11.4. The molecule has 1 aromatic carbocycles. The number of pyridine rings is 1. The number of nitrogens with zero attached hydrogens (tertiary/aromatic N) is 3. The summed E-state index contributed by atoms with van der Waals surface area (Å²) in [5, 5.41) is 7.06. The molecule has 0 aliphatic heterocycles. The van der Waals surface area contributed by atoms with E-state index in [1.54, 1.807) is 12.3 Å². The first kappa shape index (κ1) is 15.9. The number of carbonyl (C=O) groups excluding carboxylic acids is 1. The Bertz CT molecular complexity index is 880. The zero-order valence-electron chi connectivity index (χ0n) is 13.9. The molecule has 0 radical (unpaired) electrons. The molecule has 2 aromatic heterocycles. The Kier molecular flexibility index (Phi) is 4.12. The van der Waals surface area contributed by atoms with Crippen LogP contribution >= 0.6 is 0 Å². The van der Waals surface area contributed by atoms with Crippen LogP contribution in [0.3, 0.4) is 0 Å². The van der Waals surface area contributed by atoms with Gasteiger partial charge in [0, 0.05) is 23.2 Å². The lowest BCUT2D eigenvalue weighted by Gasteiger charge is -2.21. The van der Waals surface area contributed by atoms with Crippen LogP contribution in [0.15, 0.2) is 48.9 Å². The molecular formula is C18H19N5O. The summed E-state index contributed by atoms with van der Waals surface area (Å²) in [6, 6.07) is 11.1. The van der Waals surface area contributed by atoms with Crippen molar-refractivity contribution in [2.45, 2.75) is 26.3 Å². The van der Waals surface area contributed by atoms with Crippen molar-refractivity contribution in [2.24, 2.45) is 0 Å². The largest absolute Gasteiger partial charge is 0.365 e. The molecule has 0 aliphatic rings. The van der Waals surface area contributed by atoms with Crippen LogP contribution in [0.4, 0.5) is 11.5 Å². The van der Waals surface area contributed by atoms with Gasteiger partial charge in [-0.15, -0.1) is 0 Å². The second kappa shape index (κ2) is 6.23. The van der Waals surface area contributed by atoms with Gasteiger partial charge in [0.2, 0.25) is 0 Å². The van der Waals surface area contributed by atoms with Crippen LogP contribution in [0.1, 0.15) is 31.3 Å². The molecule has 122 valence electrons. The van der Waals surface area contributed by atoms with Crippen LogP contribution in [0.2, 0.25) is 0 Å². The molecule has 0 aliphatic carbocycles. The van der Waals surface area contributed by atoms with Crippen molar-refractivity contribution in [3.8, 4) is 0 Å². The SMILES string of the molecule is CC(C)(C)Nc1cc(C(=O)Nc2cccc3cccnc23)ncn1. The third-order valence-corrected chi connectivity index (χ3v) is 3.28. The van der Waals surface area contributed by atoms with Gasteiger partial charge >= 0.3 is 0 Å². The van der Waals surface area contributed by atoms with E-state index in [0.29, 0.717) is 17.2 Å². The lowest BCUT2D eigenvalue weighted by Crippen LogP contribution is -2.27. The van der Waals surface area contributed by atoms with Crippen molar-refractivity contribution >= 4 is 28.3 Å². The predicted molar refractivity (Wildman–Crippen MR) is 95.1 cm³/mol. The van der Waals surface area contributed by atoms with Crippen LogP contribution < -0.4 is 10.6 Å². The third kappa shape index (κ3) is 3.65. The van der Waals surface area contributed by atoms with Gasteiger partial charge in [-0.25, -0.2) is 9.97 Å². The second-order valence-electron chi connectivity index (χ2n) is 6.50. The number of carbonyl (C=O) groups is 1. The van der Waals surface area contributed by atoms with Crippen molar-refractivity contribution < 1.29 is 4.79 Å². The Hall–Kier alpha value is -3.02. The average Bonchev–Trinajstić information content (AvgIpc) is 2.54. The van der Waals surface area contributed by atoms with Crippen molar-refractivity contribution in [1.82, 2.24) is 15.0 Å². The summed E-state index contributed by atoms with van der Waals surface area (Å²) in [5.41, 5.74) is 1.55. The molecule has 0 fully saturated rings. The van der Waals surface area contributed by atoms with E-state index in [0.717, 1.165) is 10.9 Å². The molecule has 2 heterocycles. The first-order valence-corrected chi connectivity index (χ1v) is 7.68. The highest BCUT2D eigenvalue weighted by Gasteiger charge is 2.14. The number of hydrogen-bond donors (Lipinski definition) is 2. The van der Waals surface area contributed by atoms with E-state index in [-0.39, 0.29) is 11.4 Å². The van der Waals surface area contributed by atoms with Crippen molar-refractivity contribution in [3.05, 3.63) is 54.6 Å². The lowest BCUT2D eigenvalue weighted by molar-refractivity contribution is 0.102. The number of aromatic nitrogens is 3.